The van der Waals surface area contributed by atoms with E-state index >= 15 is 0 Å². The molecule has 1 aromatic heterocycles. The zero-order valence-electron chi connectivity index (χ0n) is 13.4. The van der Waals surface area contributed by atoms with E-state index in [-0.39, 0.29) is 22.2 Å². The van der Waals surface area contributed by atoms with Crippen molar-refractivity contribution in [2.24, 2.45) is 5.14 Å². The summed E-state index contributed by atoms with van der Waals surface area (Å²) in [4.78, 5) is 12.0. The predicted molar refractivity (Wildman–Crippen MR) is 85.4 cm³/mol. The maximum Gasteiger partial charge on any atom is 0.287 e. The van der Waals surface area contributed by atoms with E-state index in [9.17, 15) is 18.3 Å². The third-order valence-electron chi connectivity index (χ3n) is 3.45. The summed E-state index contributed by atoms with van der Waals surface area (Å²) in [5.74, 6) is -0.285. The fourth-order valence-corrected chi connectivity index (χ4v) is 2.93. The summed E-state index contributed by atoms with van der Waals surface area (Å²) < 4.78 is 33.0. The SMILES string of the molecule is COc1ccc(O)c([C@H](C)NC(=O)c2cc(S(N)(=O)=O)c(C)o2)c1. The second kappa shape index (κ2) is 6.54. The molecule has 0 saturated heterocycles. The van der Waals surface area contributed by atoms with Gasteiger partial charge in [0.05, 0.1) is 13.2 Å². The first-order valence-electron chi connectivity index (χ1n) is 6.94. The van der Waals surface area contributed by atoms with Crippen molar-refractivity contribution >= 4 is 15.9 Å². The molecule has 2 rings (SSSR count). The number of primary sulfonamides is 1. The first kappa shape index (κ1) is 17.8. The highest BCUT2D eigenvalue weighted by molar-refractivity contribution is 7.89. The van der Waals surface area contributed by atoms with Crippen molar-refractivity contribution in [3.05, 3.63) is 41.3 Å². The number of nitrogens with two attached hydrogens (primary N) is 1. The van der Waals surface area contributed by atoms with Gasteiger partial charge in [-0.2, -0.15) is 0 Å². The van der Waals surface area contributed by atoms with E-state index in [1.54, 1.807) is 19.1 Å². The topological polar surface area (TPSA) is 132 Å². The van der Waals surface area contributed by atoms with Gasteiger partial charge in [-0.25, -0.2) is 13.6 Å². The largest absolute Gasteiger partial charge is 0.508 e. The number of carbonyl (C=O) groups excluding carboxylic acids is 1. The molecule has 130 valence electrons. The third kappa shape index (κ3) is 3.69. The molecule has 8 nitrogen and oxygen atoms in total. The molecule has 2 aromatic rings. The first-order chi connectivity index (χ1) is 11.1. The summed E-state index contributed by atoms with van der Waals surface area (Å²) >= 11 is 0. The Kier molecular flexibility index (Phi) is 4.86. The molecule has 0 spiro atoms. The van der Waals surface area contributed by atoms with Gasteiger partial charge < -0.3 is 19.6 Å². The van der Waals surface area contributed by atoms with Crippen LogP contribution in [-0.4, -0.2) is 26.5 Å². The van der Waals surface area contributed by atoms with Crippen molar-refractivity contribution in [2.75, 3.05) is 7.11 Å². The van der Waals surface area contributed by atoms with Crippen molar-refractivity contribution < 1.29 is 27.5 Å². The van der Waals surface area contributed by atoms with Gasteiger partial charge in [-0.15, -0.1) is 0 Å². The van der Waals surface area contributed by atoms with Crippen molar-refractivity contribution in [2.45, 2.75) is 24.8 Å². The highest BCUT2D eigenvalue weighted by atomic mass is 32.2. The minimum atomic E-state index is -3.97. The van der Waals surface area contributed by atoms with Crippen molar-refractivity contribution in [1.29, 1.82) is 0 Å². The number of aryl methyl sites for hydroxylation is 1. The molecule has 0 unspecified atom stereocenters. The molecule has 0 fully saturated rings. The average molecular weight is 354 g/mol. The standard InChI is InChI=1S/C15H18N2O6S/c1-8(11-6-10(22-3)4-5-12(11)18)17-15(19)13-7-14(9(2)23-13)24(16,20)21/h4-8,18H,1-3H3,(H,17,19)(H2,16,20,21)/t8-/m0/s1. The van der Waals surface area contributed by atoms with Crippen LogP contribution < -0.4 is 15.2 Å². The summed E-state index contributed by atoms with van der Waals surface area (Å²) in [5.41, 5.74) is 0.442. The van der Waals surface area contributed by atoms with E-state index < -0.39 is 22.0 Å². The molecule has 1 heterocycles. The molecule has 0 aliphatic carbocycles. The molecule has 4 N–H and O–H groups in total. The molecule has 0 aliphatic rings. The summed E-state index contributed by atoms with van der Waals surface area (Å²) in [6, 6.07) is 5.12. The van der Waals surface area contributed by atoms with Crippen LogP contribution >= 0.6 is 0 Å². The van der Waals surface area contributed by atoms with Crippen molar-refractivity contribution in [1.82, 2.24) is 5.32 Å². The van der Waals surface area contributed by atoms with Gasteiger partial charge in [0.2, 0.25) is 10.0 Å². The molecule has 0 saturated carbocycles. The number of ether oxygens (including phenoxy) is 1. The number of hydrogen-bond acceptors (Lipinski definition) is 6. The predicted octanol–water partition coefficient (Wildman–Crippen LogP) is 1.44. The van der Waals surface area contributed by atoms with Crippen LogP contribution in [0.5, 0.6) is 11.5 Å². The second-order valence-electron chi connectivity index (χ2n) is 5.20. The van der Waals surface area contributed by atoms with Gasteiger partial charge in [-0.1, -0.05) is 0 Å². The smallest absolute Gasteiger partial charge is 0.287 e. The van der Waals surface area contributed by atoms with Crippen LogP contribution in [0.25, 0.3) is 0 Å². The zero-order valence-corrected chi connectivity index (χ0v) is 14.2. The number of phenols is 1. The van der Waals surface area contributed by atoms with Crippen LogP contribution in [0.3, 0.4) is 0 Å². The Balaban J connectivity index is 2.24. The van der Waals surface area contributed by atoms with Gasteiger partial charge in [0, 0.05) is 11.6 Å². The number of furan rings is 1. The van der Waals surface area contributed by atoms with Crippen LogP contribution in [0.1, 0.15) is 34.8 Å². The van der Waals surface area contributed by atoms with E-state index in [0.717, 1.165) is 6.07 Å². The lowest BCUT2D eigenvalue weighted by Gasteiger charge is -2.15. The number of sulfonamides is 1. The van der Waals surface area contributed by atoms with Gasteiger partial charge in [-0.3, -0.25) is 4.79 Å². The first-order valence-corrected chi connectivity index (χ1v) is 8.49. The zero-order chi connectivity index (χ0) is 18.1. The maximum absolute atomic E-state index is 12.2. The fourth-order valence-electron chi connectivity index (χ4n) is 2.21. The lowest BCUT2D eigenvalue weighted by molar-refractivity contribution is 0.0910. The molecular formula is C15H18N2O6S. The average Bonchev–Trinajstić information content (AvgIpc) is 2.90. The number of benzene rings is 1. The quantitative estimate of drug-likeness (QED) is 0.744. The third-order valence-corrected chi connectivity index (χ3v) is 4.47. The molecule has 1 aromatic carbocycles. The lowest BCUT2D eigenvalue weighted by Crippen LogP contribution is -2.26. The number of methoxy groups -OCH3 is 1. The Morgan fingerprint density at radius 3 is 2.58 bits per heavy atom. The van der Waals surface area contributed by atoms with Crippen LogP contribution in [0, 0.1) is 6.92 Å². The maximum atomic E-state index is 12.2. The summed E-state index contributed by atoms with van der Waals surface area (Å²) in [6.45, 7) is 3.05. The summed E-state index contributed by atoms with van der Waals surface area (Å²) in [5, 5.41) is 17.6. The van der Waals surface area contributed by atoms with Crippen molar-refractivity contribution in [3.8, 4) is 11.5 Å². The monoisotopic (exact) mass is 354 g/mol. The number of aromatic hydroxyl groups is 1. The van der Waals surface area contributed by atoms with Gasteiger partial charge in [0.15, 0.2) is 5.76 Å². The Morgan fingerprint density at radius 1 is 1.38 bits per heavy atom. The Labute approximate surface area is 139 Å². The number of carbonyl (C=O) groups is 1. The van der Waals surface area contributed by atoms with Gasteiger partial charge in [-0.05, 0) is 32.0 Å². The van der Waals surface area contributed by atoms with Crippen LogP contribution in [-0.2, 0) is 10.0 Å². The van der Waals surface area contributed by atoms with E-state index in [2.05, 4.69) is 5.32 Å². The molecule has 1 amide bonds. The van der Waals surface area contributed by atoms with Crippen LogP contribution in [0.4, 0.5) is 0 Å². The molecule has 24 heavy (non-hydrogen) atoms. The highest BCUT2D eigenvalue weighted by Gasteiger charge is 2.23. The molecule has 0 radical (unpaired) electrons. The van der Waals surface area contributed by atoms with Crippen molar-refractivity contribution in [3.63, 3.8) is 0 Å². The minimum absolute atomic E-state index is 0.00977. The fraction of sp³-hybridized carbons (Fsp3) is 0.267. The van der Waals surface area contributed by atoms with Gasteiger partial charge in [0.1, 0.15) is 22.2 Å². The minimum Gasteiger partial charge on any atom is -0.508 e. The second-order valence-corrected chi connectivity index (χ2v) is 6.73. The Hall–Kier alpha value is -2.52. The van der Waals surface area contributed by atoms with Crippen LogP contribution in [0.2, 0.25) is 0 Å². The summed E-state index contributed by atoms with van der Waals surface area (Å²) in [6.07, 6.45) is 0. The van der Waals surface area contributed by atoms with E-state index in [1.807, 2.05) is 0 Å². The molecule has 9 heteroatoms. The van der Waals surface area contributed by atoms with Crippen LogP contribution in [0.15, 0.2) is 33.6 Å². The normalized spacial score (nSPS) is 12.7. The molecule has 0 aliphatic heterocycles. The van der Waals surface area contributed by atoms with E-state index in [4.69, 9.17) is 14.3 Å². The molecular weight excluding hydrogens is 336 g/mol. The number of nitrogens with one attached hydrogen (secondary N) is 1. The summed E-state index contributed by atoms with van der Waals surface area (Å²) in [7, 11) is -2.49. The molecule has 1 atom stereocenters. The Bertz CT molecular complexity index is 872. The lowest BCUT2D eigenvalue weighted by atomic mass is 10.1. The van der Waals surface area contributed by atoms with Gasteiger partial charge >= 0.3 is 0 Å². The Morgan fingerprint density at radius 2 is 2.04 bits per heavy atom. The number of amides is 1. The highest BCUT2D eigenvalue weighted by Crippen LogP contribution is 2.28. The van der Waals surface area contributed by atoms with E-state index in [1.165, 1.54) is 20.1 Å². The number of rotatable bonds is 5. The van der Waals surface area contributed by atoms with Gasteiger partial charge in [0.25, 0.3) is 5.91 Å². The molecule has 0 bridgehead atoms. The number of phenolic OH excluding ortho intramolecular Hbond substituents is 1. The van der Waals surface area contributed by atoms with E-state index in [0.29, 0.717) is 11.3 Å². The number of hydrogen-bond donors (Lipinski definition) is 3.